The van der Waals surface area contributed by atoms with Gasteiger partial charge >= 0.3 is 6.03 Å². The number of amides is 2. The second-order valence-corrected chi connectivity index (χ2v) is 8.04. The summed E-state index contributed by atoms with van der Waals surface area (Å²) in [5.41, 5.74) is 1.41. The highest BCUT2D eigenvalue weighted by Crippen LogP contribution is 2.49. The van der Waals surface area contributed by atoms with Crippen molar-refractivity contribution in [1.82, 2.24) is 19.7 Å². The summed E-state index contributed by atoms with van der Waals surface area (Å²) in [6, 6.07) is 5.73. The smallest absolute Gasteiger partial charge is 0.316 e. The molecule has 7 heteroatoms. The number of urea groups is 1. The molecule has 1 saturated carbocycles. The Balaban J connectivity index is 1.55. The zero-order valence-corrected chi connectivity index (χ0v) is 15.4. The summed E-state index contributed by atoms with van der Waals surface area (Å²) >= 11 is 6.28. The summed E-state index contributed by atoms with van der Waals surface area (Å²) in [7, 11) is 1.81. The molecular formula is C18H22ClN5O. The lowest BCUT2D eigenvalue weighted by Gasteiger charge is -2.62. The van der Waals surface area contributed by atoms with E-state index < -0.39 is 0 Å². The molecule has 132 valence electrons. The number of aromatic nitrogens is 3. The number of hydrogen-bond donors (Lipinski definition) is 1. The number of carbonyl (C=O) groups excluding carboxylic acids is 1. The minimum atomic E-state index is -0.0343. The van der Waals surface area contributed by atoms with E-state index in [0.717, 1.165) is 19.3 Å². The van der Waals surface area contributed by atoms with Gasteiger partial charge < -0.3 is 10.2 Å². The van der Waals surface area contributed by atoms with E-state index in [1.165, 1.54) is 0 Å². The number of carbonyl (C=O) groups is 1. The number of benzene rings is 1. The van der Waals surface area contributed by atoms with Crippen LogP contribution in [0.25, 0.3) is 11.4 Å². The molecule has 3 atom stereocenters. The van der Waals surface area contributed by atoms with E-state index in [4.69, 9.17) is 11.6 Å². The van der Waals surface area contributed by atoms with Crippen LogP contribution in [0.4, 0.5) is 10.5 Å². The first-order chi connectivity index (χ1) is 11.9. The Labute approximate surface area is 152 Å². The van der Waals surface area contributed by atoms with E-state index in [1.807, 2.05) is 17.0 Å². The summed E-state index contributed by atoms with van der Waals surface area (Å²) in [6.07, 6.45) is 4.89. The standard InChI is InChI=1S/C18H22ClN5O/c1-11-6-13-9-18(2,8-11)24(13)17(25)21-12-4-5-15(19)14(7-12)16-20-10-23(3)22-16/h4-5,7,10-11,13H,6,8-9H2,1-3H3,(H,21,25). The van der Waals surface area contributed by atoms with Gasteiger partial charge in [0.15, 0.2) is 5.82 Å². The van der Waals surface area contributed by atoms with Gasteiger partial charge in [-0.2, -0.15) is 5.10 Å². The fraction of sp³-hybridized carbons (Fsp3) is 0.500. The monoisotopic (exact) mass is 359 g/mol. The van der Waals surface area contributed by atoms with Gasteiger partial charge in [-0.15, -0.1) is 0 Å². The molecule has 3 heterocycles. The van der Waals surface area contributed by atoms with Gasteiger partial charge in [-0.25, -0.2) is 9.78 Å². The summed E-state index contributed by atoms with van der Waals surface area (Å²) in [5.74, 6) is 1.23. The predicted octanol–water partition coefficient (Wildman–Crippen LogP) is 3.93. The number of aryl methyl sites for hydroxylation is 1. The van der Waals surface area contributed by atoms with Crippen LogP contribution >= 0.6 is 11.6 Å². The number of rotatable bonds is 2. The molecule has 3 aliphatic rings. The maximum absolute atomic E-state index is 12.8. The average molecular weight is 360 g/mol. The van der Waals surface area contributed by atoms with Crippen LogP contribution in [-0.2, 0) is 7.05 Å². The van der Waals surface area contributed by atoms with Gasteiger partial charge in [-0.1, -0.05) is 18.5 Å². The van der Waals surface area contributed by atoms with Crippen LogP contribution in [0.15, 0.2) is 24.5 Å². The lowest BCUT2D eigenvalue weighted by molar-refractivity contribution is -0.0773. The third-order valence-corrected chi connectivity index (χ3v) is 5.69. The molecule has 1 aliphatic carbocycles. The number of nitrogens with one attached hydrogen (secondary N) is 1. The van der Waals surface area contributed by atoms with E-state index in [9.17, 15) is 4.79 Å². The molecule has 1 aromatic carbocycles. The fourth-order valence-electron chi connectivity index (χ4n) is 4.53. The Morgan fingerprint density at radius 1 is 1.40 bits per heavy atom. The average Bonchev–Trinajstić information content (AvgIpc) is 2.94. The molecule has 0 spiro atoms. The van der Waals surface area contributed by atoms with Gasteiger partial charge in [0.1, 0.15) is 6.33 Å². The maximum atomic E-state index is 12.8. The molecule has 25 heavy (non-hydrogen) atoms. The number of fused-ring (bicyclic) bond motifs is 2. The van der Waals surface area contributed by atoms with Crippen LogP contribution in [0.1, 0.15) is 33.1 Å². The predicted molar refractivity (Wildman–Crippen MR) is 97.5 cm³/mol. The minimum Gasteiger partial charge on any atom is -0.316 e. The topological polar surface area (TPSA) is 63.1 Å². The van der Waals surface area contributed by atoms with Crippen LogP contribution in [0.3, 0.4) is 0 Å². The highest BCUT2D eigenvalue weighted by Gasteiger charge is 2.55. The molecule has 1 N–H and O–H groups in total. The second-order valence-electron chi connectivity index (χ2n) is 7.64. The molecule has 3 fully saturated rings. The number of anilines is 1. The Morgan fingerprint density at radius 3 is 2.88 bits per heavy atom. The lowest BCUT2D eigenvalue weighted by Crippen LogP contribution is -2.70. The van der Waals surface area contributed by atoms with Crippen LogP contribution in [0.5, 0.6) is 0 Å². The van der Waals surface area contributed by atoms with Crippen LogP contribution in [0.2, 0.25) is 5.02 Å². The third kappa shape index (κ3) is 2.78. The van der Waals surface area contributed by atoms with Crippen molar-refractivity contribution >= 4 is 23.3 Å². The molecule has 0 radical (unpaired) electrons. The van der Waals surface area contributed by atoms with Crippen molar-refractivity contribution in [2.45, 2.75) is 44.7 Å². The van der Waals surface area contributed by atoms with Crippen molar-refractivity contribution < 1.29 is 4.79 Å². The first-order valence-electron chi connectivity index (χ1n) is 8.61. The normalized spacial score (nSPS) is 27.8. The van der Waals surface area contributed by atoms with Gasteiger partial charge in [0.25, 0.3) is 0 Å². The van der Waals surface area contributed by atoms with Crippen molar-refractivity contribution in [1.29, 1.82) is 0 Å². The molecular weight excluding hydrogens is 338 g/mol. The van der Waals surface area contributed by atoms with Crippen molar-refractivity contribution in [3.8, 4) is 11.4 Å². The van der Waals surface area contributed by atoms with E-state index in [0.29, 0.717) is 34.1 Å². The zero-order valence-electron chi connectivity index (χ0n) is 14.7. The fourth-order valence-corrected chi connectivity index (χ4v) is 4.73. The summed E-state index contributed by atoms with van der Waals surface area (Å²) < 4.78 is 1.63. The van der Waals surface area contributed by atoms with Crippen molar-refractivity contribution in [2.24, 2.45) is 13.0 Å². The van der Waals surface area contributed by atoms with Gasteiger partial charge in [0.2, 0.25) is 0 Å². The molecule has 2 aromatic rings. The molecule has 1 aromatic heterocycles. The first kappa shape index (κ1) is 16.4. The Kier molecular flexibility index (Phi) is 3.76. The quantitative estimate of drug-likeness (QED) is 0.883. The van der Waals surface area contributed by atoms with Crippen molar-refractivity contribution in [3.05, 3.63) is 29.5 Å². The molecule has 2 saturated heterocycles. The highest BCUT2D eigenvalue weighted by molar-refractivity contribution is 6.33. The molecule has 2 amide bonds. The molecule has 3 unspecified atom stereocenters. The SMILES string of the molecule is CC1CC2CC(C)(C1)N2C(=O)Nc1ccc(Cl)c(-c2ncn(C)n2)c1. The molecule has 6 nitrogen and oxygen atoms in total. The maximum Gasteiger partial charge on any atom is 0.322 e. The largest absolute Gasteiger partial charge is 0.322 e. The Morgan fingerprint density at radius 2 is 2.20 bits per heavy atom. The lowest BCUT2D eigenvalue weighted by atomic mass is 9.65. The van der Waals surface area contributed by atoms with E-state index in [1.54, 1.807) is 24.1 Å². The Hall–Kier alpha value is -2.08. The van der Waals surface area contributed by atoms with E-state index in [-0.39, 0.29) is 11.6 Å². The summed E-state index contributed by atoms with van der Waals surface area (Å²) in [6.45, 7) is 4.45. The van der Waals surface area contributed by atoms with Crippen molar-refractivity contribution in [3.63, 3.8) is 0 Å². The molecule has 5 rings (SSSR count). The van der Waals surface area contributed by atoms with E-state index >= 15 is 0 Å². The number of nitrogens with zero attached hydrogens (tertiary/aromatic N) is 4. The second kappa shape index (κ2) is 5.73. The minimum absolute atomic E-state index is 0.00971. The summed E-state index contributed by atoms with van der Waals surface area (Å²) in [5, 5.41) is 7.87. The molecule has 2 bridgehead atoms. The van der Waals surface area contributed by atoms with Gasteiger partial charge in [0.05, 0.1) is 5.02 Å². The van der Waals surface area contributed by atoms with Gasteiger partial charge in [-0.3, -0.25) is 4.68 Å². The first-order valence-corrected chi connectivity index (χ1v) is 8.99. The number of hydrogen-bond acceptors (Lipinski definition) is 3. The summed E-state index contributed by atoms with van der Waals surface area (Å²) in [4.78, 5) is 19.1. The van der Waals surface area contributed by atoms with E-state index in [2.05, 4.69) is 29.2 Å². The Bertz CT molecular complexity index is 833. The van der Waals surface area contributed by atoms with Gasteiger partial charge in [-0.05, 0) is 50.3 Å². The number of halogens is 1. The molecule has 2 aliphatic heterocycles. The van der Waals surface area contributed by atoms with Crippen LogP contribution in [0, 0.1) is 5.92 Å². The van der Waals surface area contributed by atoms with Crippen molar-refractivity contribution in [2.75, 3.05) is 5.32 Å². The van der Waals surface area contributed by atoms with Crippen LogP contribution in [-0.4, -0.2) is 37.3 Å². The third-order valence-electron chi connectivity index (χ3n) is 5.36. The highest BCUT2D eigenvalue weighted by atomic mass is 35.5. The zero-order chi connectivity index (χ0) is 17.8. The van der Waals surface area contributed by atoms with Gasteiger partial charge in [0, 0.05) is 29.9 Å². The number of piperidine rings is 1. The van der Waals surface area contributed by atoms with Crippen LogP contribution < -0.4 is 5.32 Å².